The topological polar surface area (TPSA) is 85.4 Å². The zero-order chi connectivity index (χ0) is 27.4. The highest BCUT2D eigenvalue weighted by Crippen LogP contribution is 2.35. The van der Waals surface area contributed by atoms with Crippen molar-refractivity contribution < 1.29 is 27.4 Å². The molecule has 0 radical (unpaired) electrons. The molecule has 1 aromatic heterocycles. The molecule has 0 spiro atoms. The highest BCUT2D eigenvalue weighted by atomic mass is 19.4. The lowest BCUT2D eigenvalue weighted by atomic mass is 10.1. The fourth-order valence-electron chi connectivity index (χ4n) is 4.49. The molecule has 1 aliphatic rings. The quantitative estimate of drug-likeness (QED) is 0.286. The number of ether oxygens (including phenoxy) is 2. The van der Waals surface area contributed by atoms with Gasteiger partial charge >= 0.3 is 6.18 Å². The van der Waals surface area contributed by atoms with Crippen LogP contribution in [0.4, 0.5) is 24.7 Å². The highest BCUT2D eigenvalue weighted by molar-refractivity contribution is 5.93. The van der Waals surface area contributed by atoms with Crippen molar-refractivity contribution in [1.82, 2.24) is 15.3 Å². The van der Waals surface area contributed by atoms with Gasteiger partial charge in [0.1, 0.15) is 12.1 Å². The van der Waals surface area contributed by atoms with E-state index < -0.39 is 12.8 Å². The lowest BCUT2D eigenvalue weighted by Crippen LogP contribution is -2.34. The van der Waals surface area contributed by atoms with Crippen LogP contribution in [0.2, 0.25) is 0 Å². The summed E-state index contributed by atoms with van der Waals surface area (Å²) in [6.07, 6.45) is 1.77. The summed E-state index contributed by atoms with van der Waals surface area (Å²) in [5.74, 6) is 0.366. The average Bonchev–Trinajstić information content (AvgIpc) is 3.33. The molecule has 0 saturated heterocycles. The molecule has 0 saturated carbocycles. The van der Waals surface area contributed by atoms with Crippen LogP contribution in [0.15, 0.2) is 73.1 Å². The van der Waals surface area contributed by atoms with Crippen LogP contribution in [-0.2, 0) is 17.6 Å². The third-order valence-electron chi connectivity index (χ3n) is 6.31. The summed E-state index contributed by atoms with van der Waals surface area (Å²) in [7, 11) is 1.34. The maximum atomic E-state index is 12.6. The minimum atomic E-state index is -4.48. The van der Waals surface area contributed by atoms with Gasteiger partial charge in [-0.3, -0.25) is 4.79 Å². The molecular formula is C29H25F3N4O3. The van der Waals surface area contributed by atoms with Crippen LogP contribution in [0.1, 0.15) is 16.7 Å². The number of nitrogens with zero attached hydrogens (tertiary/aromatic N) is 2. The molecule has 0 fully saturated rings. The Bertz CT molecular complexity index is 1500. The summed E-state index contributed by atoms with van der Waals surface area (Å²) in [4.78, 5) is 20.8. The lowest BCUT2D eigenvalue weighted by molar-refractivity contribution is -0.153. The normalized spacial score (nSPS) is 13.4. The summed E-state index contributed by atoms with van der Waals surface area (Å²) in [5.41, 5.74) is 4.50. The van der Waals surface area contributed by atoms with Crippen molar-refractivity contribution in [2.75, 3.05) is 19.0 Å². The van der Waals surface area contributed by atoms with Gasteiger partial charge in [-0.15, -0.1) is 0 Å². The monoisotopic (exact) mass is 534 g/mol. The van der Waals surface area contributed by atoms with E-state index in [-0.39, 0.29) is 23.4 Å². The fourth-order valence-corrected chi connectivity index (χ4v) is 4.49. The van der Waals surface area contributed by atoms with Crippen molar-refractivity contribution >= 4 is 34.4 Å². The van der Waals surface area contributed by atoms with Gasteiger partial charge in [0, 0.05) is 29.3 Å². The van der Waals surface area contributed by atoms with Crippen molar-refractivity contribution in [2.45, 2.75) is 25.1 Å². The van der Waals surface area contributed by atoms with Crippen molar-refractivity contribution in [1.29, 1.82) is 0 Å². The molecule has 4 aromatic rings. The minimum Gasteiger partial charge on any atom is -0.493 e. The van der Waals surface area contributed by atoms with Crippen molar-refractivity contribution in [2.24, 2.45) is 0 Å². The first-order valence-electron chi connectivity index (χ1n) is 12.2. The molecule has 10 heteroatoms. The third kappa shape index (κ3) is 6.46. The Morgan fingerprint density at radius 1 is 1.03 bits per heavy atom. The number of nitrogens with one attached hydrogen (secondary N) is 2. The number of hydrogen-bond donors (Lipinski definition) is 2. The van der Waals surface area contributed by atoms with Gasteiger partial charge in [0.2, 0.25) is 5.91 Å². The van der Waals surface area contributed by atoms with E-state index in [2.05, 4.69) is 32.7 Å². The van der Waals surface area contributed by atoms with E-state index in [4.69, 9.17) is 9.47 Å². The Morgan fingerprint density at radius 2 is 1.74 bits per heavy atom. The molecule has 0 aliphatic heterocycles. The lowest BCUT2D eigenvalue weighted by Gasteiger charge is -2.14. The van der Waals surface area contributed by atoms with Crippen molar-refractivity contribution in [3.05, 3.63) is 89.8 Å². The number of methoxy groups -OCH3 is 1. The Kier molecular flexibility index (Phi) is 7.36. The zero-order valence-electron chi connectivity index (χ0n) is 21.0. The van der Waals surface area contributed by atoms with Crippen molar-refractivity contribution in [3.63, 3.8) is 0 Å². The molecule has 2 N–H and O–H groups in total. The van der Waals surface area contributed by atoms with Crippen LogP contribution < -0.4 is 20.1 Å². The first kappa shape index (κ1) is 26.0. The number of amides is 1. The number of fused-ring (bicyclic) bond motifs is 2. The maximum Gasteiger partial charge on any atom is 0.422 e. The van der Waals surface area contributed by atoms with E-state index in [1.807, 2.05) is 36.4 Å². The minimum absolute atomic E-state index is 0.0652. The summed E-state index contributed by atoms with van der Waals surface area (Å²) in [6, 6.07) is 18.6. The Labute approximate surface area is 222 Å². The molecule has 1 heterocycles. The Morgan fingerprint density at radius 3 is 2.41 bits per heavy atom. The van der Waals surface area contributed by atoms with E-state index >= 15 is 0 Å². The largest absolute Gasteiger partial charge is 0.493 e. The summed E-state index contributed by atoms with van der Waals surface area (Å²) in [5, 5.41) is 6.80. The van der Waals surface area contributed by atoms with Gasteiger partial charge in [-0.2, -0.15) is 13.2 Å². The van der Waals surface area contributed by atoms with Crippen molar-refractivity contribution in [3.8, 4) is 11.5 Å². The molecule has 200 valence electrons. The van der Waals surface area contributed by atoms with Gasteiger partial charge in [0.05, 0.1) is 12.6 Å². The molecule has 0 bridgehead atoms. The predicted molar refractivity (Wildman–Crippen MR) is 142 cm³/mol. The number of aromatic nitrogens is 2. The van der Waals surface area contributed by atoms with E-state index in [9.17, 15) is 18.0 Å². The predicted octanol–water partition coefficient (Wildman–Crippen LogP) is 5.62. The molecule has 7 nitrogen and oxygen atoms in total. The molecule has 3 aromatic carbocycles. The van der Waals surface area contributed by atoms with E-state index in [0.29, 0.717) is 16.7 Å². The number of hydrogen-bond acceptors (Lipinski definition) is 6. The van der Waals surface area contributed by atoms with E-state index in [1.54, 1.807) is 6.08 Å². The third-order valence-corrected chi connectivity index (χ3v) is 6.31. The number of carbonyl (C=O) groups excluding carboxylic acids is 1. The average molecular weight is 535 g/mol. The van der Waals surface area contributed by atoms with E-state index in [1.165, 1.54) is 42.8 Å². The van der Waals surface area contributed by atoms with Gasteiger partial charge < -0.3 is 20.1 Å². The van der Waals surface area contributed by atoms with Gasteiger partial charge in [-0.25, -0.2) is 9.97 Å². The zero-order valence-corrected chi connectivity index (χ0v) is 21.0. The highest BCUT2D eigenvalue weighted by Gasteiger charge is 2.29. The number of alkyl halides is 3. The maximum absolute atomic E-state index is 12.6. The number of carbonyl (C=O) groups is 1. The fraction of sp³-hybridized carbons (Fsp3) is 0.207. The van der Waals surface area contributed by atoms with Gasteiger partial charge in [0.15, 0.2) is 18.1 Å². The molecule has 39 heavy (non-hydrogen) atoms. The number of rotatable bonds is 8. The second-order valence-electron chi connectivity index (χ2n) is 9.11. The first-order valence-corrected chi connectivity index (χ1v) is 12.2. The molecule has 0 atom stereocenters. The SMILES string of the molecule is COc1cc2c(Nc3ccc(/C=C/C(=O)NC4Cc5ccccc5C4)cc3)ncnc2cc1OCC(F)(F)F. The number of halogens is 3. The second kappa shape index (κ2) is 11.0. The molecule has 0 unspecified atom stereocenters. The first-order chi connectivity index (χ1) is 18.8. The summed E-state index contributed by atoms with van der Waals surface area (Å²) < 4.78 is 48.0. The smallest absolute Gasteiger partial charge is 0.422 e. The molecule has 1 amide bonds. The van der Waals surface area contributed by atoms with E-state index in [0.717, 1.165) is 24.1 Å². The summed E-state index contributed by atoms with van der Waals surface area (Å²) in [6.45, 7) is -1.44. The standard InChI is InChI=1S/C29H25F3N4O3/c1-38-25-14-23-24(15-26(25)39-16-29(30,31)32)33-17-34-28(23)36-21-9-6-18(7-10-21)8-11-27(37)35-22-12-19-4-2-3-5-20(19)13-22/h2-11,14-15,17,22H,12-13,16H2,1H3,(H,35,37)(H,33,34,36)/b11-8+. The van der Waals surface area contributed by atoms with Gasteiger partial charge in [-0.1, -0.05) is 36.4 Å². The van der Waals surface area contributed by atoms with Crippen LogP contribution in [0.25, 0.3) is 17.0 Å². The van der Waals surface area contributed by atoms with Crippen LogP contribution in [0.5, 0.6) is 11.5 Å². The number of benzene rings is 3. The van der Waals surface area contributed by atoms with Crippen LogP contribution in [0, 0.1) is 0 Å². The molecule has 1 aliphatic carbocycles. The second-order valence-corrected chi connectivity index (χ2v) is 9.11. The van der Waals surface area contributed by atoms with Gasteiger partial charge in [0.25, 0.3) is 0 Å². The number of anilines is 2. The molecule has 5 rings (SSSR count). The Balaban J connectivity index is 1.23. The summed E-state index contributed by atoms with van der Waals surface area (Å²) >= 11 is 0. The Hall–Kier alpha value is -4.60. The van der Waals surface area contributed by atoms with Gasteiger partial charge in [-0.05, 0) is 53.8 Å². The van der Waals surface area contributed by atoms with Crippen LogP contribution in [0.3, 0.4) is 0 Å². The van der Waals surface area contributed by atoms with Crippen LogP contribution in [-0.4, -0.2) is 41.8 Å². The molecular weight excluding hydrogens is 509 g/mol. The van der Waals surface area contributed by atoms with Crippen LogP contribution >= 0.6 is 0 Å².